The normalized spacial score (nSPS) is 34.5. The van der Waals surface area contributed by atoms with Crippen LogP contribution >= 0.6 is 0 Å². The van der Waals surface area contributed by atoms with Gasteiger partial charge in [-0.15, -0.1) is 0 Å². The van der Waals surface area contributed by atoms with Crippen LogP contribution in [0.15, 0.2) is 0 Å². The zero-order chi connectivity index (χ0) is 44.9. The van der Waals surface area contributed by atoms with Crippen molar-refractivity contribution >= 4 is 5.97 Å². The molecule has 6 aliphatic rings. The zero-order valence-corrected chi connectivity index (χ0v) is 40.1. The van der Waals surface area contributed by atoms with Gasteiger partial charge in [-0.1, -0.05) is 20.8 Å². The topological polar surface area (TPSA) is 148 Å². The van der Waals surface area contributed by atoms with Crippen LogP contribution in [0.4, 0.5) is 0 Å². The highest BCUT2D eigenvalue weighted by atomic mass is 16.7. The Kier molecular flexibility index (Phi) is 23.3. The van der Waals surface area contributed by atoms with Crippen molar-refractivity contribution < 1.29 is 66.7 Å². The van der Waals surface area contributed by atoms with Crippen molar-refractivity contribution in [2.75, 3.05) is 119 Å². The SMILES string of the molecule is C[C@H](CCC(=O)OCCOCCOCCOCCOCCOCCOCCOCCO)[C@H]1CC[C@H]2[C@@H]3[C@@H](OC4CCCCO4)C[C@@H]4C[C@H](OC5CCCCO5)CC[C@]4(C)[C@H]3CC[C@]12C. The summed E-state index contributed by atoms with van der Waals surface area (Å²) in [4.78, 5) is 12.9. The summed E-state index contributed by atoms with van der Waals surface area (Å²) in [7, 11) is 0. The Labute approximate surface area is 385 Å². The smallest absolute Gasteiger partial charge is 0.305 e. The first kappa shape index (κ1) is 52.4. The molecule has 0 amide bonds. The molecule has 2 aliphatic heterocycles. The minimum Gasteiger partial charge on any atom is -0.463 e. The number of aliphatic hydroxyl groups excluding tert-OH is 1. The molecule has 0 aromatic carbocycles. The van der Waals surface area contributed by atoms with E-state index < -0.39 is 0 Å². The molecule has 2 heterocycles. The van der Waals surface area contributed by atoms with Crippen molar-refractivity contribution in [2.24, 2.45) is 46.3 Å². The van der Waals surface area contributed by atoms with E-state index in [-0.39, 0.29) is 49.4 Å². The van der Waals surface area contributed by atoms with Crippen LogP contribution < -0.4 is 0 Å². The van der Waals surface area contributed by atoms with E-state index in [0.717, 1.165) is 64.6 Å². The molecule has 0 aromatic heterocycles. The summed E-state index contributed by atoms with van der Waals surface area (Å²) in [6.45, 7) is 16.0. The molecule has 14 heteroatoms. The Bertz CT molecular complexity index is 1260. The van der Waals surface area contributed by atoms with Crippen molar-refractivity contribution in [2.45, 2.75) is 148 Å². The summed E-state index contributed by atoms with van der Waals surface area (Å²) in [5, 5.41) is 8.65. The van der Waals surface area contributed by atoms with Gasteiger partial charge in [0.2, 0.25) is 0 Å². The monoisotopic (exact) mass is 913 g/mol. The van der Waals surface area contributed by atoms with Crippen LogP contribution in [0.5, 0.6) is 0 Å². The number of hydrogen-bond donors (Lipinski definition) is 1. The molecule has 64 heavy (non-hydrogen) atoms. The molecular formula is C50H88O14. The first-order valence-electron chi connectivity index (χ1n) is 25.7. The van der Waals surface area contributed by atoms with Crippen LogP contribution in [0.2, 0.25) is 0 Å². The van der Waals surface area contributed by atoms with Crippen LogP contribution in [-0.2, 0) is 61.6 Å². The first-order chi connectivity index (χ1) is 31.3. The fourth-order valence-corrected chi connectivity index (χ4v) is 12.8. The Morgan fingerprint density at radius 1 is 0.594 bits per heavy atom. The average Bonchev–Trinajstić information content (AvgIpc) is 3.66. The standard InChI is InChI=1S/C50H88O14/c1-38(10-13-45(52)60-35-34-59-33-32-58-31-30-57-29-28-56-27-26-55-25-24-54-23-22-53-21-18-51)41-11-12-42-48-43(15-17-50(41,42)3)49(2)16-14-40(63-46-8-4-6-19-61-46)36-39(49)37-44(48)64-47-9-5-7-20-62-47/h38-44,46-48,51H,4-37H2,1-3H3/t38-,39+,40-,41-,42+,43+,44+,46?,47?,48+,49+,50-/m1/s1. The van der Waals surface area contributed by atoms with E-state index in [2.05, 4.69) is 20.8 Å². The van der Waals surface area contributed by atoms with Gasteiger partial charge in [0.15, 0.2) is 12.6 Å². The second-order valence-corrected chi connectivity index (χ2v) is 20.0. The maximum absolute atomic E-state index is 12.9. The number of hydrogen-bond acceptors (Lipinski definition) is 14. The third-order valence-corrected chi connectivity index (χ3v) is 16.1. The fourth-order valence-electron chi connectivity index (χ4n) is 12.8. The summed E-state index contributed by atoms with van der Waals surface area (Å²) < 4.78 is 69.9. The van der Waals surface area contributed by atoms with Crippen LogP contribution in [0.1, 0.15) is 124 Å². The molecule has 0 bridgehead atoms. The van der Waals surface area contributed by atoms with Gasteiger partial charge in [-0.3, -0.25) is 4.79 Å². The molecule has 12 atom stereocenters. The van der Waals surface area contributed by atoms with Crippen molar-refractivity contribution in [3.8, 4) is 0 Å². The molecule has 4 saturated carbocycles. The average molecular weight is 913 g/mol. The van der Waals surface area contributed by atoms with E-state index in [9.17, 15) is 4.79 Å². The van der Waals surface area contributed by atoms with Crippen LogP contribution in [0.25, 0.3) is 0 Å². The van der Waals surface area contributed by atoms with Gasteiger partial charge in [-0.25, -0.2) is 0 Å². The van der Waals surface area contributed by atoms with Gasteiger partial charge in [-0.2, -0.15) is 0 Å². The number of esters is 1. The second-order valence-electron chi connectivity index (χ2n) is 20.0. The molecule has 4 aliphatic carbocycles. The van der Waals surface area contributed by atoms with Gasteiger partial charge in [0.1, 0.15) is 6.61 Å². The fraction of sp³-hybridized carbons (Fsp3) is 0.980. The number of aliphatic hydroxyl groups is 1. The van der Waals surface area contributed by atoms with Crippen molar-refractivity contribution in [3.05, 3.63) is 0 Å². The predicted molar refractivity (Wildman–Crippen MR) is 240 cm³/mol. The van der Waals surface area contributed by atoms with Gasteiger partial charge in [-0.05, 0) is 143 Å². The lowest BCUT2D eigenvalue weighted by Crippen LogP contribution is -2.60. The number of fused-ring (bicyclic) bond motifs is 5. The quantitative estimate of drug-likeness (QED) is 0.0427. The van der Waals surface area contributed by atoms with Gasteiger partial charge in [0.25, 0.3) is 0 Å². The highest BCUT2D eigenvalue weighted by Gasteiger charge is 2.63. The second kappa shape index (κ2) is 28.5. The first-order valence-corrected chi connectivity index (χ1v) is 25.7. The molecule has 0 aromatic rings. The maximum atomic E-state index is 12.9. The molecular weight excluding hydrogens is 825 g/mol. The largest absolute Gasteiger partial charge is 0.463 e. The number of carbonyl (C=O) groups is 1. The summed E-state index contributed by atoms with van der Waals surface area (Å²) >= 11 is 0. The molecule has 6 rings (SSSR count). The number of ether oxygens (including phenoxy) is 12. The summed E-state index contributed by atoms with van der Waals surface area (Å²) in [6, 6.07) is 0. The van der Waals surface area contributed by atoms with E-state index in [0.29, 0.717) is 140 Å². The lowest BCUT2D eigenvalue weighted by Gasteiger charge is -2.63. The summed E-state index contributed by atoms with van der Waals surface area (Å²) in [6.07, 6.45) is 18.1. The molecule has 2 unspecified atom stereocenters. The van der Waals surface area contributed by atoms with E-state index in [1.165, 1.54) is 44.9 Å². The molecule has 2 saturated heterocycles. The third-order valence-electron chi connectivity index (χ3n) is 16.1. The minimum absolute atomic E-state index is 0.0218. The van der Waals surface area contributed by atoms with Gasteiger partial charge >= 0.3 is 5.97 Å². The minimum atomic E-state index is -0.131. The molecule has 372 valence electrons. The Hall–Kier alpha value is -1.01. The molecule has 0 spiro atoms. The molecule has 1 N–H and O–H groups in total. The highest BCUT2D eigenvalue weighted by molar-refractivity contribution is 5.69. The number of carbonyl (C=O) groups excluding carboxylic acids is 1. The maximum Gasteiger partial charge on any atom is 0.305 e. The third kappa shape index (κ3) is 15.8. The Morgan fingerprint density at radius 2 is 1.11 bits per heavy atom. The lowest BCUT2D eigenvalue weighted by atomic mass is 9.43. The van der Waals surface area contributed by atoms with Crippen molar-refractivity contribution in [3.63, 3.8) is 0 Å². The Balaban J connectivity index is 0.822. The molecule has 14 nitrogen and oxygen atoms in total. The van der Waals surface area contributed by atoms with E-state index >= 15 is 0 Å². The zero-order valence-electron chi connectivity index (χ0n) is 40.1. The summed E-state index contributed by atoms with van der Waals surface area (Å²) in [5.41, 5.74) is 0.569. The van der Waals surface area contributed by atoms with Crippen molar-refractivity contribution in [1.29, 1.82) is 0 Å². The number of rotatable bonds is 31. The molecule has 6 fully saturated rings. The van der Waals surface area contributed by atoms with Crippen molar-refractivity contribution in [1.82, 2.24) is 0 Å². The van der Waals surface area contributed by atoms with E-state index in [1.807, 2.05) is 0 Å². The van der Waals surface area contributed by atoms with Crippen LogP contribution in [-0.4, -0.2) is 155 Å². The van der Waals surface area contributed by atoms with Crippen LogP contribution in [0, 0.1) is 46.3 Å². The summed E-state index contributed by atoms with van der Waals surface area (Å²) in [5.74, 6) is 3.39. The molecule has 0 radical (unpaired) electrons. The van der Waals surface area contributed by atoms with E-state index in [4.69, 9.17) is 61.9 Å². The highest BCUT2D eigenvalue weighted by Crippen LogP contribution is 2.69. The van der Waals surface area contributed by atoms with E-state index in [1.54, 1.807) is 0 Å². The van der Waals surface area contributed by atoms with Gasteiger partial charge < -0.3 is 61.9 Å². The van der Waals surface area contributed by atoms with Crippen LogP contribution in [0.3, 0.4) is 0 Å². The van der Waals surface area contributed by atoms with Gasteiger partial charge in [0.05, 0.1) is 111 Å². The lowest BCUT2D eigenvalue weighted by molar-refractivity contribution is -0.258. The Morgan fingerprint density at radius 3 is 1.66 bits per heavy atom. The predicted octanol–water partition coefficient (Wildman–Crippen LogP) is 7.15. The van der Waals surface area contributed by atoms with Gasteiger partial charge in [0, 0.05) is 19.6 Å².